The Balaban J connectivity index is 1.42. The van der Waals surface area contributed by atoms with Crippen molar-refractivity contribution in [3.8, 4) is 0 Å². The van der Waals surface area contributed by atoms with Crippen LogP contribution in [0.2, 0.25) is 0 Å². The van der Waals surface area contributed by atoms with E-state index in [0.29, 0.717) is 0 Å². The number of aromatic nitrogens is 2. The maximum atomic E-state index is 4.26. The second-order valence-electron chi connectivity index (χ2n) is 5.55. The SMILES string of the molecule is CCNc1nnc(CN2CCN(CC3CC3)CC2)s1. The average Bonchev–Trinajstić information content (AvgIpc) is 3.12. The van der Waals surface area contributed by atoms with Gasteiger partial charge in [-0.05, 0) is 25.7 Å². The molecule has 106 valence electrons. The molecule has 5 nitrogen and oxygen atoms in total. The zero-order valence-electron chi connectivity index (χ0n) is 11.6. The van der Waals surface area contributed by atoms with Crippen LogP contribution in [-0.2, 0) is 6.54 Å². The molecule has 1 saturated carbocycles. The summed E-state index contributed by atoms with van der Waals surface area (Å²) in [5.41, 5.74) is 0. The highest BCUT2D eigenvalue weighted by Gasteiger charge is 2.26. The molecule has 1 aromatic heterocycles. The molecule has 0 unspecified atom stereocenters. The molecule has 1 saturated heterocycles. The molecule has 6 heteroatoms. The molecule has 2 fully saturated rings. The lowest BCUT2D eigenvalue weighted by Crippen LogP contribution is -2.46. The highest BCUT2D eigenvalue weighted by molar-refractivity contribution is 7.15. The minimum Gasteiger partial charge on any atom is -0.360 e. The largest absolute Gasteiger partial charge is 0.360 e. The first-order chi connectivity index (χ1) is 9.33. The standard InChI is InChI=1S/C13H23N5S/c1-2-14-13-16-15-12(19-13)10-18-7-5-17(6-8-18)9-11-3-4-11/h11H,2-10H2,1H3,(H,14,16). The van der Waals surface area contributed by atoms with Crippen LogP contribution < -0.4 is 5.32 Å². The van der Waals surface area contributed by atoms with Gasteiger partial charge < -0.3 is 10.2 Å². The van der Waals surface area contributed by atoms with Crippen LogP contribution >= 0.6 is 11.3 Å². The fourth-order valence-corrected chi connectivity index (χ4v) is 3.38. The van der Waals surface area contributed by atoms with Crippen molar-refractivity contribution in [2.75, 3.05) is 44.6 Å². The summed E-state index contributed by atoms with van der Waals surface area (Å²) in [5.74, 6) is 1.01. The molecule has 1 aromatic rings. The number of nitrogens with zero attached hydrogens (tertiary/aromatic N) is 4. The second-order valence-corrected chi connectivity index (χ2v) is 6.61. The first-order valence-electron chi connectivity index (χ1n) is 7.34. The molecule has 0 bridgehead atoms. The Morgan fingerprint density at radius 2 is 1.89 bits per heavy atom. The van der Waals surface area contributed by atoms with Gasteiger partial charge >= 0.3 is 0 Å². The quantitative estimate of drug-likeness (QED) is 0.856. The molecule has 0 atom stereocenters. The molecular weight excluding hydrogens is 258 g/mol. The van der Waals surface area contributed by atoms with Gasteiger partial charge in [-0.3, -0.25) is 4.90 Å². The summed E-state index contributed by atoms with van der Waals surface area (Å²) in [7, 11) is 0. The summed E-state index contributed by atoms with van der Waals surface area (Å²) < 4.78 is 0. The first-order valence-corrected chi connectivity index (χ1v) is 8.16. The van der Waals surface area contributed by atoms with Crippen molar-refractivity contribution >= 4 is 16.5 Å². The normalized spacial score (nSPS) is 21.7. The van der Waals surface area contributed by atoms with Gasteiger partial charge in [0.25, 0.3) is 0 Å². The summed E-state index contributed by atoms with van der Waals surface area (Å²) in [6, 6.07) is 0. The summed E-state index contributed by atoms with van der Waals surface area (Å²) in [5, 5.41) is 13.7. The summed E-state index contributed by atoms with van der Waals surface area (Å²) in [6.45, 7) is 10.1. The molecule has 2 aliphatic rings. The van der Waals surface area contributed by atoms with Gasteiger partial charge in [0.05, 0.1) is 6.54 Å². The van der Waals surface area contributed by atoms with Crippen molar-refractivity contribution in [1.82, 2.24) is 20.0 Å². The maximum absolute atomic E-state index is 4.26. The van der Waals surface area contributed by atoms with E-state index < -0.39 is 0 Å². The summed E-state index contributed by atoms with van der Waals surface area (Å²) in [4.78, 5) is 5.12. The van der Waals surface area contributed by atoms with Crippen LogP contribution in [0.4, 0.5) is 5.13 Å². The van der Waals surface area contributed by atoms with E-state index in [9.17, 15) is 0 Å². The third kappa shape index (κ3) is 3.87. The van der Waals surface area contributed by atoms with Crippen molar-refractivity contribution in [3.63, 3.8) is 0 Å². The number of hydrogen-bond donors (Lipinski definition) is 1. The van der Waals surface area contributed by atoms with Crippen molar-refractivity contribution in [2.24, 2.45) is 5.92 Å². The Bertz CT molecular complexity index is 395. The van der Waals surface area contributed by atoms with Gasteiger partial charge in [-0.2, -0.15) is 0 Å². The van der Waals surface area contributed by atoms with E-state index >= 15 is 0 Å². The average molecular weight is 281 g/mol. The van der Waals surface area contributed by atoms with E-state index in [1.807, 2.05) is 0 Å². The molecule has 1 aliphatic heterocycles. The lowest BCUT2D eigenvalue weighted by atomic mass is 10.3. The van der Waals surface area contributed by atoms with Gasteiger partial charge in [0, 0.05) is 39.3 Å². The van der Waals surface area contributed by atoms with Crippen LogP contribution in [0.5, 0.6) is 0 Å². The molecular formula is C13H23N5S. The third-order valence-electron chi connectivity index (χ3n) is 3.83. The Morgan fingerprint density at radius 3 is 2.58 bits per heavy atom. The lowest BCUT2D eigenvalue weighted by Gasteiger charge is -2.34. The second kappa shape index (κ2) is 6.15. The van der Waals surface area contributed by atoms with E-state index in [2.05, 4.69) is 32.2 Å². The maximum Gasteiger partial charge on any atom is 0.205 e. The topological polar surface area (TPSA) is 44.3 Å². The van der Waals surface area contributed by atoms with Crippen molar-refractivity contribution in [1.29, 1.82) is 0 Å². The third-order valence-corrected chi connectivity index (χ3v) is 4.70. The lowest BCUT2D eigenvalue weighted by molar-refractivity contribution is 0.123. The van der Waals surface area contributed by atoms with E-state index in [4.69, 9.17) is 0 Å². The smallest absolute Gasteiger partial charge is 0.205 e. The van der Waals surface area contributed by atoms with Gasteiger partial charge in [0.15, 0.2) is 0 Å². The van der Waals surface area contributed by atoms with Crippen molar-refractivity contribution in [2.45, 2.75) is 26.3 Å². The number of anilines is 1. The number of hydrogen-bond acceptors (Lipinski definition) is 6. The van der Waals surface area contributed by atoms with Gasteiger partial charge in [-0.25, -0.2) is 0 Å². The van der Waals surface area contributed by atoms with Gasteiger partial charge in [-0.15, -0.1) is 10.2 Å². The molecule has 0 radical (unpaired) electrons. The van der Waals surface area contributed by atoms with Crippen LogP contribution in [0, 0.1) is 5.92 Å². The Kier molecular flexibility index (Phi) is 4.30. The van der Waals surface area contributed by atoms with Gasteiger partial charge in [0.2, 0.25) is 5.13 Å². The van der Waals surface area contributed by atoms with Crippen molar-refractivity contribution < 1.29 is 0 Å². The van der Waals surface area contributed by atoms with E-state index in [0.717, 1.165) is 29.1 Å². The Morgan fingerprint density at radius 1 is 1.16 bits per heavy atom. The number of rotatable bonds is 6. The number of piperazine rings is 1. The van der Waals surface area contributed by atoms with E-state index in [-0.39, 0.29) is 0 Å². The molecule has 1 aliphatic carbocycles. The number of nitrogens with one attached hydrogen (secondary N) is 1. The molecule has 0 aromatic carbocycles. The van der Waals surface area contributed by atoms with Gasteiger partial charge in [0.1, 0.15) is 5.01 Å². The molecule has 0 spiro atoms. The van der Waals surface area contributed by atoms with Gasteiger partial charge in [-0.1, -0.05) is 11.3 Å². The summed E-state index contributed by atoms with van der Waals surface area (Å²) >= 11 is 1.68. The minimum absolute atomic E-state index is 0.911. The zero-order chi connectivity index (χ0) is 13.1. The monoisotopic (exact) mass is 281 g/mol. The molecule has 19 heavy (non-hydrogen) atoms. The van der Waals surface area contributed by atoms with Crippen molar-refractivity contribution in [3.05, 3.63) is 5.01 Å². The fraction of sp³-hybridized carbons (Fsp3) is 0.846. The van der Waals surface area contributed by atoms with Crippen LogP contribution in [0.25, 0.3) is 0 Å². The highest BCUT2D eigenvalue weighted by Crippen LogP contribution is 2.30. The van der Waals surface area contributed by atoms with E-state index in [1.54, 1.807) is 11.3 Å². The molecule has 1 N–H and O–H groups in total. The predicted molar refractivity (Wildman–Crippen MR) is 78.5 cm³/mol. The Labute approximate surface area is 119 Å². The zero-order valence-corrected chi connectivity index (χ0v) is 12.5. The van der Waals surface area contributed by atoms with Crippen LogP contribution in [0.15, 0.2) is 0 Å². The van der Waals surface area contributed by atoms with Crippen LogP contribution in [0.3, 0.4) is 0 Å². The van der Waals surface area contributed by atoms with Crippen LogP contribution in [0.1, 0.15) is 24.8 Å². The fourth-order valence-electron chi connectivity index (χ4n) is 2.53. The highest BCUT2D eigenvalue weighted by atomic mass is 32.1. The molecule has 0 amide bonds. The molecule has 3 rings (SSSR count). The van der Waals surface area contributed by atoms with Crippen LogP contribution in [-0.4, -0.2) is 59.3 Å². The summed E-state index contributed by atoms with van der Waals surface area (Å²) in [6.07, 6.45) is 2.91. The molecule has 2 heterocycles. The first kappa shape index (κ1) is 13.3. The predicted octanol–water partition coefficient (Wildman–Crippen LogP) is 1.50. The van der Waals surface area contributed by atoms with E-state index in [1.165, 1.54) is 45.6 Å². The minimum atomic E-state index is 0.911. The Hall–Kier alpha value is -0.720.